The molecule has 3 aromatic rings. The summed E-state index contributed by atoms with van der Waals surface area (Å²) in [6.07, 6.45) is 0.290. The molecule has 1 heterocycles. The van der Waals surface area contributed by atoms with Crippen molar-refractivity contribution in [2.75, 3.05) is 7.11 Å². The number of furan rings is 1. The summed E-state index contributed by atoms with van der Waals surface area (Å²) < 4.78 is 15.6. The van der Waals surface area contributed by atoms with Gasteiger partial charge >= 0.3 is 5.97 Å². The molecule has 0 unspecified atom stereocenters. The third-order valence-corrected chi connectivity index (χ3v) is 4.19. The van der Waals surface area contributed by atoms with Crippen LogP contribution in [0.3, 0.4) is 0 Å². The molecular weight excluding hydrogens is 358 g/mol. The van der Waals surface area contributed by atoms with Crippen LogP contribution in [0.15, 0.2) is 71.3 Å². The van der Waals surface area contributed by atoms with Crippen molar-refractivity contribution >= 4 is 11.9 Å². The number of carbonyl (C=O) groups excluding carboxylic acids is 2. The average Bonchev–Trinajstić information content (AvgIpc) is 3.26. The lowest BCUT2D eigenvalue weighted by atomic mass is 10.1. The smallest absolute Gasteiger partial charge is 0.375 e. The van der Waals surface area contributed by atoms with E-state index in [-0.39, 0.29) is 5.76 Å². The van der Waals surface area contributed by atoms with Crippen molar-refractivity contribution in [3.63, 3.8) is 0 Å². The molecule has 0 spiro atoms. The Hall–Kier alpha value is -3.54. The Labute approximate surface area is 163 Å². The second-order valence-corrected chi connectivity index (χ2v) is 6.24. The second kappa shape index (κ2) is 8.90. The zero-order chi connectivity index (χ0) is 19.9. The quantitative estimate of drug-likeness (QED) is 0.632. The Bertz CT molecular complexity index is 915. The largest absolute Gasteiger partial charge is 0.497 e. The van der Waals surface area contributed by atoms with E-state index in [0.717, 1.165) is 16.9 Å². The van der Waals surface area contributed by atoms with Gasteiger partial charge in [-0.2, -0.15) is 0 Å². The summed E-state index contributed by atoms with van der Waals surface area (Å²) >= 11 is 0. The van der Waals surface area contributed by atoms with Gasteiger partial charge in [-0.15, -0.1) is 0 Å². The normalized spacial score (nSPS) is 11.5. The predicted octanol–water partition coefficient (Wildman–Crippen LogP) is 3.81. The van der Waals surface area contributed by atoms with Gasteiger partial charge in [-0.3, -0.25) is 4.79 Å². The lowest BCUT2D eigenvalue weighted by Gasteiger charge is -2.18. The lowest BCUT2D eigenvalue weighted by molar-refractivity contribution is -0.130. The van der Waals surface area contributed by atoms with Crippen LogP contribution in [0.2, 0.25) is 0 Å². The van der Waals surface area contributed by atoms with Crippen LogP contribution in [0.5, 0.6) is 5.75 Å². The third kappa shape index (κ3) is 4.79. The van der Waals surface area contributed by atoms with Crippen LogP contribution < -0.4 is 10.1 Å². The van der Waals surface area contributed by atoms with Crippen molar-refractivity contribution in [2.24, 2.45) is 0 Å². The summed E-state index contributed by atoms with van der Waals surface area (Å²) in [5.41, 5.74) is 2.52. The Kier molecular flexibility index (Phi) is 6.11. The maximum Gasteiger partial charge on any atom is 0.375 e. The Morgan fingerprint density at radius 2 is 1.75 bits per heavy atom. The zero-order valence-electron chi connectivity index (χ0n) is 15.7. The van der Waals surface area contributed by atoms with Gasteiger partial charge in [0.05, 0.1) is 13.4 Å². The van der Waals surface area contributed by atoms with E-state index in [9.17, 15) is 9.59 Å². The number of hydrogen-bond donors (Lipinski definition) is 1. The van der Waals surface area contributed by atoms with E-state index in [0.29, 0.717) is 12.1 Å². The maximum atomic E-state index is 12.8. The predicted molar refractivity (Wildman–Crippen MR) is 103 cm³/mol. The summed E-state index contributed by atoms with van der Waals surface area (Å²) in [6.45, 7) is 2.24. The minimum absolute atomic E-state index is 0.0417. The van der Waals surface area contributed by atoms with Gasteiger partial charge in [0.25, 0.3) is 5.91 Å². The molecule has 1 N–H and O–H groups in total. The highest BCUT2D eigenvalue weighted by molar-refractivity contribution is 5.90. The highest BCUT2D eigenvalue weighted by atomic mass is 16.6. The summed E-state index contributed by atoms with van der Waals surface area (Å²) in [6, 6.07) is 17.7. The van der Waals surface area contributed by atoms with E-state index in [2.05, 4.69) is 5.32 Å². The first kappa shape index (κ1) is 19.2. The van der Waals surface area contributed by atoms with Gasteiger partial charge in [0, 0.05) is 12.1 Å². The van der Waals surface area contributed by atoms with Crippen LogP contribution in [-0.4, -0.2) is 19.0 Å². The van der Waals surface area contributed by atoms with Crippen molar-refractivity contribution in [3.8, 4) is 5.75 Å². The molecule has 144 valence electrons. The summed E-state index contributed by atoms with van der Waals surface area (Å²) in [5, 5.41) is 2.81. The van der Waals surface area contributed by atoms with Crippen LogP contribution in [0, 0.1) is 6.92 Å². The SMILES string of the molecule is COc1ccc(CNC(=O)[C@H](OC(=O)c2ccco2)c2ccc(C)cc2)cc1. The summed E-state index contributed by atoms with van der Waals surface area (Å²) in [4.78, 5) is 25.1. The molecule has 3 rings (SSSR count). The maximum absolute atomic E-state index is 12.8. The van der Waals surface area contributed by atoms with Crippen LogP contribution in [0.25, 0.3) is 0 Å². The molecule has 1 atom stereocenters. The molecule has 0 aliphatic heterocycles. The van der Waals surface area contributed by atoms with E-state index in [1.807, 2.05) is 43.3 Å². The lowest BCUT2D eigenvalue weighted by Crippen LogP contribution is -2.31. The van der Waals surface area contributed by atoms with Crippen molar-refractivity contribution in [3.05, 3.63) is 89.4 Å². The molecule has 6 heteroatoms. The molecule has 0 radical (unpaired) electrons. The first-order valence-electron chi connectivity index (χ1n) is 8.78. The number of rotatable bonds is 7. The van der Waals surface area contributed by atoms with E-state index in [4.69, 9.17) is 13.9 Å². The number of hydrogen-bond acceptors (Lipinski definition) is 5. The van der Waals surface area contributed by atoms with Gasteiger partial charge in [0.1, 0.15) is 5.75 Å². The fourth-order valence-electron chi connectivity index (χ4n) is 2.60. The molecule has 0 saturated carbocycles. The number of methoxy groups -OCH3 is 1. The minimum Gasteiger partial charge on any atom is -0.497 e. The minimum atomic E-state index is -1.09. The highest BCUT2D eigenvalue weighted by Gasteiger charge is 2.26. The molecule has 6 nitrogen and oxygen atoms in total. The number of esters is 1. The van der Waals surface area contributed by atoms with Gasteiger partial charge in [-0.05, 0) is 36.8 Å². The summed E-state index contributed by atoms with van der Waals surface area (Å²) in [7, 11) is 1.59. The molecule has 2 aromatic carbocycles. The number of nitrogens with one attached hydrogen (secondary N) is 1. The van der Waals surface area contributed by atoms with Crippen molar-refractivity contribution in [1.29, 1.82) is 0 Å². The van der Waals surface area contributed by atoms with Gasteiger partial charge in [-0.1, -0.05) is 42.0 Å². The highest BCUT2D eigenvalue weighted by Crippen LogP contribution is 2.21. The first-order chi connectivity index (χ1) is 13.6. The van der Waals surface area contributed by atoms with Crippen LogP contribution in [-0.2, 0) is 16.1 Å². The fraction of sp³-hybridized carbons (Fsp3) is 0.182. The molecular formula is C22H21NO5. The number of ether oxygens (including phenoxy) is 2. The van der Waals surface area contributed by atoms with Crippen molar-refractivity contribution in [1.82, 2.24) is 5.32 Å². The monoisotopic (exact) mass is 379 g/mol. The van der Waals surface area contributed by atoms with Crippen molar-refractivity contribution < 1.29 is 23.5 Å². The number of carbonyl (C=O) groups is 2. The zero-order valence-corrected chi connectivity index (χ0v) is 15.7. The molecule has 0 saturated heterocycles. The third-order valence-electron chi connectivity index (χ3n) is 4.19. The van der Waals surface area contributed by atoms with E-state index in [1.54, 1.807) is 25.3 Å². The van der Waals surface area contributed by atoms with Crippen LogP contribution in [0.4, 0.5) is 0 Å². The molecule has 0 fully saturated rings. The van der Waals surface area contributed by atoms with Crippen LogP contribution in [0.1, 0.15) is 33.3 Å². The van der Waals surface area contributed by atoms with E-state index in [1.165, 1.54) is 12.3 Å². The second-order valence-electron chi connectivity index (χ2n) is 6.24. The van der Waals surface area contributed by atoms with E-state index >= 15 is 0 Å². The standard InChI is InChI=1S/C22H21NO5/c1-15-5-9-17(10-6-15)20(28-22(25)19-4-3-13-27-19)21(24)23-14-16-7-11-18(26-2)12-8-16/h3-13,20H,14H2,1-2H3,(H,23,24)/t20-/m1/s1. The Balaban J connectivity index is 1.73. The van der Waals surface area contributed by atoms with Crippen molar-refractivity contribution in [2.45, 2.75) is 19.6 Å². The molecule has 0 aliphatic rings. The van der Waals surface area contributed by atoms with Gasteiger partial charge in [-0.25, -0.2) is 4.79 Å². The fourth-order valence-corrected chi connectivity index (χ4v) is 2.60. The molecule has 0 bridgehead atoms. The summed E-state index contributed by atoms with van der Waals surface area (Å²) in [5.74, 6) is -0.338. The molecule has 1 amide bonds. The molecule has 1 aromatic heterocycles. The topological polar surface area (TPSA) is 77.8 Å². The Morgan fingerprint density at radius 1 is 1.04 bits per heavy atom. The first-order valence-corrected chi connectivity index (χ1v) is 8.78. The Morgan fingerprint density at radius 3 is 2.36 bits per heavy atom. The number of amides is 1. The van der Waals surface area contributed by atoms with Crippen LogP contribution >= 0.6 is 0 Å². The van der Waals surface area contributed by atoms with Gasteiger partial charge < -0.3 is 19.2 Å². The number of aryl methyl sites for hydroxylation is 1. The number of benzene rings is 2. The van der Waals surface area contributed by atoms with Gasteiger partial charge in [0.2, 0.25) is 11.9 Å². The molecule has 28 heavy (non-hydrogen) atoms. The average molecular weight is 379 g/mol. The van der Waals surface area contributed by atoms with Gasteiger partial charge in [0.15, 0.2) is 0 Å². The van der Waals surface area contributed by atoms with E-state index < -0.39 is 18.0 Å². The molecule has 0 aliphatic carbocycles.